The maximum absolute atomic E-state index is 12.2. The van der Waals surface area contributed by atoms with E-state index in [1.807, 2.05) is 0 Å². The minimum absolute atomic E-state index is 0.0106. The second-order valence-electron chi connectivity index (χ2n) is 4.75. The van der Waals surface area contributed by atoms with E-state index in [1.165, 1.54) is 11.8 Å². The van der Waals surface area contributed by atoms with Crippen LogP contribution in [0.4, 0.5) is 11.4 Å². The summed E-state index contributed by atoms with van der Waals surface area (Å²) in [5.41, 5.74) is 12.2. The van der Waals surface area contributed by atoms with Crippen molar-refractivity contribution < 1.29 is 14.7 Å². The molecular formula is C16H16N4O3S. The maximum Gasteiger partial charge on any atom is 0.313 e. The third-order valence-corrected chi connectivity index (χ3v) is 3.84. The monoisotopic (exact) mass is 344 g/mol. The zero-order valence-corrected chi connectivity index (χ0v) is 13.4. The second-order valence-corrected chi connectivity index (χ2v) is 5.80. The highest BCUT2D eigenvalue weighted by Gasteiger charge is 2.07. The number of guanidine groups is 1. The Morgan fingerprint density at radius 3 is 2.46 bits per heavy atom. The summed E-state index contributed by atoms with van der Waals surface area (Å²) in [5, 5.41) is 11.4. The Labute approximate surface area is 142 Å². The van der Waals surface area contributed by atoms with Crippen LogP contribution in [-0.4, -0.2) is 28.7 Å². The van der Waals surface area contributed by atoms with E-state index in [0.717, 1.165) is 4.90 Å². The lowest BCUT2D eigenvalue weighted by molar-refractivity contribution is -0.133. The predicted molar refractivity (Wildman–Crippen MR) is 94.7 cm³/mol. The standard InChI is InChI=1S/C16H16N4O3S/c17-16(18)20-12-3-1-2-10(8-12)15(23)19-11-4-6-13(7-5-11)24-9-14(21)22/h1-8H,9H2,(H,19,23)(H,21,22)(H4,17,18,20). The highest BCUT2D eigenvalue weighted by Crippen LogP contribution is 2.21. The van der Waals surface area contributed by atoms with Gasteiger partial charge in [-0.2, -0.15) is 0 Å². The van der Waals surface area contributed by atoms with E-state index in [9.17, 15) is 9.59 Å². The van der Waals surface area contributed by atoms with Gasteiger partial charge in [0.1, 0.15) is 0 Å². The van der Waals surface area contributed by atoms with Gasteiger partial charge in [0.2, 0.25) is 0 Å². The number of thioether (sulfide) groups is 1. The molecule has 7 nitrogen and oxygen atoms in total. The molecule has 2 aromatic rings. The summed E-state index contributed by atoms with van der Waals surface area (Å²) in [7, 11) is 0. The summed E-state index contributed by atoms with van der Waals surface area (Å²) in [5.74, 6) is -1.27. The molecule has 0 saturated carbocycles. The van der Waals surface area contributed by atoms with Crippen LogP contribution in [0.1, 0.15) is 10.4 Å². The van der Waals surface area contributed by atoms with Crippen molar-refractivity contribution in [3.05, 3.63) is 54.1 Å². The van der Waals surface area contributed by atoms with E-state index in [2.05, 4.69) is 10.3 Å². The minimum Gasteiger partial charge on any atom is -0.481 e. The molecule has 0 aromatic heterocycles. The number of benzene rings is 2. The highest BCUT2D eigenvalue weighted by atomic mass is 32.2. The Morgan fingerprint density at radius 2 is 1.83 bits per heavy atom. The van der Waals surface area contributed by atoms with E-state index in [4.69, 9.17) is 16.6 Å². The van der Waals surface area contributed by atoms with Gasteiger partial charge < -0.3 is 21.9 Å². The van der Waals surface area contributed by atoms with Crippen molar-refractivity contribution >= 4 is 41.0 Å². The number of anilines is 1. The first-order valence-corrected chi connectivity index (χ1v) is 7.88. The molecule has 0 aliphatic heterocycles. The third-order valence-electron chi connectivity index (χ3n) is 2.84. The molecule has 8 heteroatoms. The largest absolute Gasteiger partial charge is 0.481 e. The molecule has 0 unspecified atom stereocenters. The van der Waals surface area contributed by atoms with Crippen molar-refractivity contribution in [1.29, 1.82) is 0 Å². The van der Waals surface area contributed by atoms with Crippen LogP contribution in [-0.2, 0) is 4.79 Å². The maximum atomic E-state index is 12.2. The van der Waals surface area contributed by atoms with Crippen LogP contribution in [0.3, 0.4) is 0 Å². The average Bonchev–Trinajstić information content (AvgIpc) is 2.53. The van der Waals surface area contributed by atoms with Gasteiger partial charge in [-0.25, -0.2) is 4.99 Å². The Hall–Kier alpha value is -3.00. The Bertz CT molecular complexity index is 771. The molecule has 0 spiro atoms. The van der Waals surface area contributed by atoms with Crippen molar-refractivity contribution in [2.45, 2.75) is 4.90 Å². The number of carboxylic acids is 1. The molecule has 6 N–H and O–H groups in total. The van der Waals surface area contributed by atoms with Crippen molar-refractivity contribution in [3.63, 3.8) is 0 Å². The number of carbonyl (C=O) groups excluding carboxylic acids is 1. The van der Waals surface area contributed by atoms with Gasteiger partial charge in [-0.05, 0) is 42.5 Å². The number of hydrogen-bond acceptors (Lipinski definition) is 4. The Morgan fingerprint density at radius 1 is 1.12 bits per heavy atom. The van der Waals surface area contributed by atoms with Crippen molar-refractivity contribution in [2.24, 2.45) is 16.5 Å². The van der Waals surface area contributed by atoms with Crippen LogP contribution < -0.4 is 16.8 Å². The fourth-order valence-electron chi connectivity index (χ4n) is 1.85. The van der Waals surface area contributed by atoms with Gasteiger partial charge in [-0.3, -0.25) is 9.59 Å². The molecule has 0 atom stereocenters. The summed E-state index contributed by atoms with van der Waals surface area (Å²) in [6.45, 7) is 0. The first-order valence-electron chi connectivity index (χ1n) is 6.90. The van der Waals surface area contributed by atoms with Crippen LogP contribution >= 0.6 is 11.8 Å². The molecule has 0 heterocycles. The van der Waals surface area contributed by atoms with E-state index in [1.54, 1.807) is 48.5 Å². The van der Waals surface area contributed by atoms with Gasteiger partial charge in [0.15, 0.2) is 5.96 Å². The molecule has 0 aliphatic carbocycles. The molecule has 0 radical (unpaired) electrons. The third kappa shape index (κ3) is 5.33. The SMILES string of the molecule is NC(N)=Nc1cccc(C(=O)Nc2ccc(SCC(=O)O)cc2)c1. The predicted octanol–water partition coefficient (Wildman–Crippen LogP) is 2.02. The fraction of sp³-hybridized carbons (Fsp3) is 0.0625. The van der Waals surface area contributed by atoms with Crippen molar-refractivity contribution in [1.82, 2.24) is 0 Å². The summed E-state index contributed by atoms with van der Waals surface area (Å²) >= 11 is 1.21. The zero-order chi connectivity index (χ0) is 17.5. The number of nitrogens with one attached hydrogen (secondary N) is 1. The highest BCUT2D eigenvalue weighted by molar-refractivity contribution is 8.00. The summed E-state index contributed by atoms with van der Waals surface area (Å²) in [6, 6.07) is 13.5. The van der Waals surface area contributed by atoms with Crippen LogP contribution in [0.2, 0.25) is 0 Å². The Kier molecular flexibility index (Phi) is 5.80. The van der Waals surface area contributed by atoms with E-state index >= 15 is 0 Å². The minimum atomic E-state index is -0.877. The Balaban J connectivity index is 2.04. The van der Waals surface area contributed by atoms with Crippen LogP contribution in [0.5, 0.6) is 0 Å². The summed E-state index contributed by atoms with van der Waals surface area (Å²) < 4.78 is 0. The number of hydrogen-bond donors (Lipinski definition) is 4. The lowest BCUT2D eigenvalue weighted by atomic mass is 10.2. The topological polar surface area (TPSA) is 131 Å². The van der Waals surface area contributed by atoms with Crippen LogP contribution in [0.15, 0.2) is 58.4 Å². The zero-order valence-electron chi connectivity index (χ0n) is 12.6. The van der Waals surface area contributed by atoms with Gasteiger partial charge in [-0.15, -0.1) is 11.8 Å². The molecule has 0 fully saturated rings. The van der Waals surface area contributed by atoms with E-state index < -0.39 is 5.97 Å². The fourth-order valence-corrected chi connectivity index (χ4v) is 2.47. The first kappa shape index (κ1) is 17.4. The number of rotatable bonds is 6. The summed E-state index contributed by atoms with van der Waals surface area (Å²) in [6.07, 6.45) is 0. The molecular weight excluding hydrogens is 328 g/mol. The van der Waals surface area contributed by atoms with Gasteiger partial charge in [-0.1, -0.05) is 6.07 Å². The van der Waals surface area contributed by atoms with Crippen LogP contribution in [0, 0.1) is 0 Å². The van der Waals surface area contributed by atoms with Crippen molar-refractivity contribution in [2.75, 3.05) is 11.1 Å². The number of amides is 1. The molecule has 2 rings (SSSR count). The molecule has 24 heavy (non-hydrogen) atoms. The van der Waals surface area contributed by atoms with Gasteiger partial charge in [0.25, 0.3) is 5.91 Å². The number of carbonyl (C=O) groups is 2. The second kappa shape index (κ2) is 8.02. The molecule has 124 valence electrons. The summed E-state index contributed by atoms with van der Waals surface area (Å²) in [4.78, 5) is 27.5. The average molecular weight is 344 g/mol. The molecule has 0 saturated heterocycles. The number of aliphatic carboxylic acids is 1. The number of nitrogens with two attached hydrogens (primary N) is 2. The molecule has 2 aromatic carbocycles. The lowest BCUT2D eigenvalue weighted by Gasteiger charge is -2.07. The van der Waals surface area contributed by atoms with Crippen molar-refractivity contribution in [3.8, 4) is 0 Å². The quantitative estimate of drug-likeness (QED) is 0.360. The molecule has 1 amide bonds. The lowest BCUT2D eigenvalue weighted by Crippen LogP contribution is -2.21. The number of carboxylic acid groups (broad SMARTS) is 1. The molecule has 0 bridgehead atoms. The smallest absolute Gasteiger partial charge is 0.313 e. The molecule has 0 aliphatic rings. The number of aliphatic imine (C=N–C) groups is 1. The van der Waals surface area contributed by atoms with Gasteiger partial charge >= 0.3 is 5.97 Å². The van der Waals surface area contributed by atoms with Gasteiger partial charge in [0, 0.05) is 16.1 Å². The van der Waals surface area contributed by atoms with E-state index in [0.29, 0.717) is 16.9 Å². The normalized spacial score (nSPS) is 10.0. The van der Waals surface area contributed by atoms with E-state index in [-0.39, 0.29) is 17.6 Å². The van der Waals surface area contributed by atoms with Gasteiger partial charge in [0.05, 0.1) is 11.4 Å². The number of nitrogens with zero attached hydrogens (tertiary/aromatic N) is 1. The van der Waals surface area contributed by atoms with Crippen LogP contribution in [0.25, 0.3) is 0 Å². The first-order chi connectivity index (χ1) is 11.4.